The molecule has 0 aliphatic heterocycles. The van der Waals surface area contributed by atoms with E-state index < -0.39 is 0 Å². The normalized spacial score (nSPS) is 14.9. The van der Waals surface area contributed by atoms with Crippen LogP contribution in [0.2, 0.25) is 5.02 Å². The minimum atomic E-state index is 0.443. The van der Waals surface area contributed by atoms with Gasteiger partial charge in [-0.15, -0.1) is 0 Å². The highest BCUT2D eigenvalue weighted by molar-refractivity contribution is 6.30. The lowest BCUT2D eigenvalue weighted by Crippen LogP contribution is -2.15. The summed E-state index contributed by atoms with van der Waals surface area (Å²) >= 11 is 5.98. The van der Waals surface area contributed by atoms with Crippen molar-refractivity contribution in [2.75, 3.05) is 6.54 Å². The molecule has 0 aliphatic carbocycles. The number of benzene rings is 1. The average Bonchev–Trinajstić information content (AvgIpc) is 2.25. The van der Waals surface area contributed by atoms with E-state index in [1.165, 1.54) is 12.0 Å². The minimum Gasteiger partial charge on any atom is -0.330 e. The summed E-state index contributed by atoms with van der Waals surface area (Å²) in [5.74, 6) is 1.16. The second-order valence-electron chi connectivity index (χ2n) is 4.24. The molecule has 0 bridgehead atoms. The minimum absolute atomic E-state index is 0.443. The summed E-state index contributed by atoms with van der Waals surface area (Å²) in [6, 6.07) is 8.05. The van der Waals surface area contributed by atoms with Crippen LogP contribution in [0.25, 0.3) is 0 Å². The quantitative estimate of drug-likeness (QED) is 0.810. The fourth-order valence-corrected chi connectivity index (χ4v) is 1.98. The lowest BCUT2D eigenvalue weighted by Gasteiger charge is -2.19. The summed E-state index contributed by atoms with van der Waals surface area (Å²) in [4.78, 5) is 0. The van der Waals surface area contributed by atoms with Gasteiger partial charge in [-0.3, -0.25) is 0 Å². The Balaban J connectivity index is 2.73. The van der Waals surface area contributed by atoms with Crippen molar-refractivity contribution in [3.8, 4) is 0 Å². The third-order valence-electron chi connectivity index (χ3n) is 2.99. The van der Waals surface area contributed by atoms with Gasteiger partial charge in [0, 0.05) is 5.02 Å². The average molecular weight is 226 g/mol. The summed E-state index contributed by atoms with van der Waals surface area (Å²) in [6.07, 6.45) is 2.35. The molecule has 0 amide bonds. The van der Waals surface area contributed by atoms with Crippen LogP contribution in [-0.4, -0.2) is 6.54 Å². The molecule has 0 aliphatic rings. The molecule has 1 rings (SSSR count). The van der Waals surface area contributed by atoms with E-state index in [0.29, 0.717) is 12.5 Å². The standard InChI is InChI=1S/C13H20ClN/c1-3-10(2)7-12(9-15)11-5-4-6-13(14)8-11/h4-6,8,10,12H,3,7,9,15H2,1-2H3. The molecule has 1 aromatic rings. The topological polar surface area (TPSA) is 26.0 Å². The Bertz CT molecular complexity index is 298. The van der Waals surface area contributed by atoms with Crippen molar-refractivity contribution >= 4 is 11.6 Å². The van der Waals surface area contributed by atoms with Crippen LogP contribution in [0.1, 0.15) is 38.2 Å². The molecule has 1 nitrogen and oxygen atoms in total. The maximum absolute atomic E-state index is 5.98. The molecule has 2 N–H and O–H groups in total. The lowest BCUT2D eigenvalue weighted by molar-refractivity contribution is 0.458. The molecular weight excluding hydrogens is 206 g/mol. The van der Waals surface area contributed by atoms with Crippen molar-refractivity contribution in [1.29, 1.82) is 0 Å². The summed E-state index contributed by atoms with van der Waals surface area (Å²) in [5, 5.41) is 0.801. The predicted octanol–water partition coefficient (Wildman–Crippen LogP) is 3.82. The van der Waals surface area contributed by atoms with Crippen LogP contribution < -0.4 is 5.73 Å². The molecule has 0 saturated heterocycles. The van der Waals surface area contributed by atoms with Crippen LogP contribution in [0.4, 0.5) is 0 Å². The highest BCUT2D eigenvalue weighted by Gasteiger charge is 2.13. The van der Waals surface area contributed by atoms with Crippen molar-refractivity contribution in [2.45, 2.75) is 32.6 Å². The van der Waals surface area contributed by atoms with Crippen LogP contribution in [0.3, 0.4) is 0 Å². The fraction of sp³-hybridized carbons (Fsp3) is 0.538. The first-order chi connectivity index (χ1) is 7.17. The zero-order chi connectivity index (χ0) is 11.3. The monoisotopic (exact) mass is 225 g/mol. The Hall–Kier alpha value is -0.530. The lowest BCUT2D eigenvalue weighted by atomic mass is 9.88. The molecular formula is C13H20ClN. The SMILES string of the molecule is CCC(C)CC(CN)c1cccc(Cl)c1. The summed E-state index contributed by atoms with van der Waals surface area (Å²) in [7, 11) is 0. The largest absolute Gasteiger partial charge is 0.330 e. The van der Waals surface area contributed by atoms with Gasteiger partial charge < -0.3 is 5.73 Å². The third kappa shape index (κ3) is 3.84. The van der Waals surface area contributed by atoms with Gasteiger partial charge in [0.1, 0.15) is 0 Å². The van der Waals surface area contributed by atoms with Gasteiger partial charge in [0.25, 0.3) is 0 Å². The molecule has 0 saturated carbocycles. The zero-order valence-corrected chi connectivity index (χ0v) is 10.3. The van der Waals surface area contributed by atoms with Crippen LogP contribution >= 0.6 is 11.6 Å². The number of rotatable bonds is 5. The molecule has 2 heteroatoms. The molecule has 1 aromatic carbocycles. The second kappa shape index (κ2) is 6.14. The van der Waals surface area contributed by atoms with Gasteiger partial charge in [-0.2, -0.15) is 0 Å². The number of hydrogen-bond acceptors (Lipinski definition) is 1. The van der Waals surface area contributed by atoms with Crippen LogP contribution in [0.5, 0.6) is 0 Å². The Morgan fingerprint density at radius 1 is 1.40 bits per heavy atom. The Kier molecular flexibility index (Phi) is 5.13. The molecule has 0 heterocycles. The van der Waals surface area contributed by atoms with E-state index in [2.05, 4.69) is 19.9 Å². The summed E-state index contributed by atoms with van der Waals surface area (Å²) in [6.45, 7) is 5.19. The van der Waals surface area contributed by atoms with Gasteiger partial charge in [0.2, 0.25) is 0 Å². The fourth-order valence-electron chi connectivity index (χ4n) is 1.78. The van der Waals surface area contributed by atoms with Gasteiger partial charge in [-0.05, 0) is 42.5 Å². The second-order valence-corrected chi connectivity index (χ2v) is 4.67. The third-order valence-corrected chi connectivity index (χ3v) is 3.22. The van der Waals surface area contributed by atoms with Crippen molar-refractivity contribution in [3.05, 3.63) is 34.9 Å². The number of halogens is 1. The van der Waals surface area contributed by atoms with E-state index in [1.807, 2.05) is 18.2 Å². The number of nitrogens with two attached hydrogens (primary N) is 1. The van der Waals surface area contributed by atoms with Crippen molar-refractivity contribution in [3.63, 3.8) is 0 Å². The van der Waals surface area contributed by atoms with Crippen LogP contribution in [0.15, 0.2) is 24.3 Å². The van der Waals surface area contributed by atoms with E-state index >= 15 is 0 Å². The van der Waals surface area contributed by atoms with Gasteiger partial charge in [-0.1, -0.05) is 44.0 Å². The van der Waals surface area contributed by atoms with Crippen LogP contribution in [0, 0.1) is 5.92 Å². The Labute approximate surface area is 97.6 Å². The highest BCUT2D eigenvalue weighted by atomic mass is 35.5. The van der Waals surface area contributed by atoms with E-state index in [1.54, 1.807) is 0 Å². The first kappa shape index (κ1) is 12.5. The van der Waals surface area contributed by atoms with Crippen molar-refractivity contribution in [2.24, 2.45) is 11.7 Å². The first-order valence-corrected chi connectivity index (χ1v) is 6.00. The van der Waals surface area contributed by atoms with Gasteiger partial charge in [-0.25, -0.2) is 0 Å². The molecule has 84 valence electrons. The predicted molar refractivity (Wildman–Crippen MR) is 67.3 cm³/mol. The van der Waals surface area contributed by atoms with Gasteiger partial charge in [0.05, 0.1) is 0 Å². The van der Waals surface area contributed by atoms with E-state index in [0.717, 1.165) is 17.4 Å². The molecule has 0 fully saturated rings. The van der Waals surface area contributed by atoms with E-state index in [-0.39, 0.29) is 0 Å². The maximum Gasteiger partial charge on any atom is 0.0408 e. The van der Waals surface area contributed by atoms with Gasteiger partial charge in [0.15, 0.2) is 0 Å². The Morgan fingerprint density at radius 3 is 2.67 bits per heavy atom. The molecule has 0 spiro atoms. The summed E-state index contributed by atoms with van der Waals surface area (Å²) in [5.41, 5.74) is 7.08. The van der Waals surface area contributed by atoms with Crippen LogP contribution in [-0.2, 0) is 0 Å². The van der Waals surface area contributed by atoms with Gasteiger partial charge >= 0.3 is 0 Å². The zero-order valence-electron chi connectivity index (χ0n) is 9.54. The van der Waals surface area contributed by atoms with E-state index in [4.69, 9.17) is 17.3 Å². The smallest absolute Gasteiger partial charge is 0.0408 e. The molecule has 2 unspecified atom stereocenters. The van der Waals surface area contributed by atoms with Crippen molar-refractivity contribution < 1.29 is 0 Å². The molecule has 0 radical (unpaired) electrons. The molecule has 0 aromatic heterocycles. The number of hydrogen-bond donors (Lipinski definition) is 1. The van der Waals surface area contributed by atoms with Crippen molar-refractivity contribution in [1.82, 2.24) is 0 Å². The maximum atomic E-state index is 5.98. The summed E-state index contributed by atoms with van der Waals surface area (Å²) < 4.78 is 0. The molecule has 15 heavy (non-hydrogen) atoms. The van der Waals surface area contributed by atoms with E-state index in [9.17, 15) is 0 Å². The Morgan fingerprint density at radius 2 is 2.13 bits per heavy atom. The first-order valence-electron chi connectivity index (χ1n) is 5.62. The highest BCUT2D eigenvalue weighted by Crippen LogP contribution is 2.26. The molecule has 2 atom stereocenters.